The lowest BCUT2D eigenvalue weighted by atomic mass is 10.0. The van der Waals surface area contributed by atoms with Crippen LogP contribution in [-0.2, 0) is 9.53 Å². The number of ether oxygens (including phenoxy) is 1. The third kappa shape index (κ3) is 20.2. The number of hydrogen-bond donors (Lipinski definition) is 0. The van der Waals surface area contributed by atoms with Crippen molar-refractivity contribution in [1.82, 2.24) is 0 Å². The summed E-state index contributed by atoms with van der Waals surface area (Å²) in [6.07, 6.45) is 27.3. The fourth-order valence-corrected chi connectivity index (χ4v) is 3.66. The van der Waals surface area contributed by atoms with Crippen molar-refractivity contribution in [3.63, 3.8) is 0 Å². The summed E-state index contributed by atoms with van der Waals surface area (Å²) in [5.41, 5.74) is 0. The molecule has 0 rings (SSSR count). The number of hydrogen-bond acceptors (Lipinski definition) is 2. The Kier molecular flexibility index (Phi) is 22.3. The predicted octanol–water partition coefficient (Wildman–Crippen LogP) is 9.01. The van der Waals surface area contributed by atoms with Crippen molar-refractivity contribution in [2.75, 3.05) is 6.61 Å². The molecule has 0 aliphatic rings. The van der Waals surface area contributed by atoms with Gasteiger partial charge in [0.15, 0.2) is 0 Å². The van der Waals surface area contributed by atoms with Crippen molar-refractivity contribution in [3.05, 3.63) is 0 Å². The van der Waals surface area contributed by atoms with Gasteiger partial charge in [0.05, 0.1) is 12.5 Å². The Morgan fingerprint density at radius 1 is 0.571 bits per heavy atom. The largest absolute Gasteiger partial charge is 0.465 e. The molecule has 168 valence electrons. The van der Waals surface area contributed by atoms with Gasteiger partial charge in [0.25, 0.3) is 0 Å². The van der Waals surface area contributed by atoms with Gasteiger partial charge >= 0.3 is 5.97 Å². The molecule has 1 atom stereocenters. The molecule has 0 saturated carbocycles. The molecule has 0 aromatic rings. The predicted molar refractivity (Wildman–Crippen MR) is 124 cm³/mol. The molecule has 0 N–H and O–H groups in total. The number of carbonyl (C=O) groups is 1. The fourth-order valence-electron chi connectivity index (χ4n) is 3.66. The molecular formula is C26H52O2. The van der Waals surface area contributed by atoms with Gasteiger partial charge < -0.3 is 4.74 Å². The molecule has 0 aliphatic carbocycles. The topological polar surface area (TPSA) is 26.3 Å². The first-order valence-electron chi connectivity index (χ1n) is 12.9. The van der Waals surface area contributed by atoms with Crippen LogP contribution in [0.1, 0.15) is 149 Å². The Bertz CT molecular complexity index is 314. The van der Waals surface area contributed by atoms with Crippen molar-refractivity contribution in [3.8, 4) is 0 Å². The third-order valence-corrected chi connectivity index (χ3v) is 6.01. The van der Waals surface area contributed by atoms with Crippen LogP contribution < -0.4 is 0 Å². The third-order valence-electron chi connectivity index (χ3n) is 6.01. The number of unbranched alkanes of at least 4 members (excludes halogenated alkanes) is 18. The van der Waals surface area contributed by atoms with E-state index in [1.807, 2.05) is 13.8 Å². The molecule has 0 heterocycles. The van der Waals surface area contributed by atoms with Crippen LogP contribution in [0.15, 0.2) is 0 Å². The maximum atomic E-state index is 11.5. The van der Waals surface area contributed by atoms with Crippen LogP contribution in [0.25, 0.3) is 0 Å². The summed E-state index contributed by atoms with van der Waals surface area (Å²) >= 11 is 0. The van der Waals surface area contributed by atoms with E-state index < -0.39 is 0 Å². The van der Waals surface area contributed by atoms with Crippen LogP contribution in [0, 0.1) is 5.92 Å². The summed E-state index contributed by atoms with van der Waals surface area (Å²) in [7, 11) is 0. The van der Waals surface area contributed by atoms with Crippen LogP contribution >= 0.6 is 0 Å². The van der Waals surface area contributed by atoms with Crippen molar-refractivity contribution in [2.45, 2.75) is 149 Å². The molecule has 28 heavy (non-hydrogen) atoms. The Hall–Kier alpha value is -0.530. The van der Waals surface area contributed by atoms with Gasteiger partial charge in [0.1, 0.15) is 0 Å². The quantitative estimate of drug-likeness (QED) is 0.135. The molecule has 0 aromatic carbocycles. The lowest BCUT2D eigenvalue weighted by Gasteiger charge is -2.09. The highest BCUT2D eigenvalue weighted by molar-refractivity contribution is 5.71. The van der Waals surface area contributed by atoms with Crippen LogP contribution in [0.2, 0.25) is 0 Å². The van der Waals surface area contributed by atoms with Gasteiger partial charge in [-0.25, -0.2) is 0 Å². The average molecular weight is 397 g/mol. The molecule has 2 heteroatoms. The van der Waals surface area contributed by atoms with E-state index in [-0.39, 0.29) is 11.9 Å². The van der Waals surface area contributed by atoms with E-state index in [4.69, 9.17) is 4.74 Å². The van der Waals surface area contributed by atoms with Gasteiger partial charge in [0.2, 0.25) is 0 Å². The molecule has 0 bridgehead atoms. The molecule has 0 aromatic heterocycles. The Morgan fingerprint density at radius 2 is 0.893 bits per heavy atom. The van der Waals surface area contributed by atoms with Crippen LogP contribution in [0.3, 0.4) is 0 Å². The zero-order chi connectivity index (χ0) is 20.7. The van der Waals surface area contributed by atoms with E-state index in [0.29, 0.717) is 6.61 Å². The fraction of sp³-hybridized carbons (Fsp3) is 0.962. The van der Waals surface area contributed by atoms with Crippen molar-refractivity contribution < 1.29 is 9.53 Å². The zero-order valence-corrected chi connectivity index (χ0v) is 19.7. The van der Waals surface area contributed by atoms with Crippen LogP contribution in [0.5, 0.6) is 0 Å². The Balaban J connectivity index is 3.08. The highest BCUT2D eigenvalue weighted by Gasteiger charge is 2.10. The lowest BCUT2D eigenvalue weighted by Crippen LogP contribution is -2.14. The zero-order valence-electron chi connectivity index (χ0n) is 19.7. The second kappa shape index (κ2) is 22.8. The molecule has 0 saturated heterocycles. The maximum Gasteiger partial charge on any atom is 0.308 e. The van der Waals surface area contributed by atoms with Crippen LogP contribution in [0.4, 0.5) is 0 Å². The SMILES string of the molecule is CCCCCCCCCCCCCCCCCCCCCOC(=O)C(C)CC. The van der Waals surface area contributed by atoms with Crippen molar-refractivity contribution >= 4 is 5.97 Å². The molecule has 1 unspecified atom stereocenters. The van der Waals surface area contributed by atoms with E-state index >= 15 is 0 Å². The van der Waals surface area contributed by atoms with E-state index in [1.165, 1.54) is 116 Å². The Morgan fingerprint density at radius 3 is 1.21 bits per heavy atom. The molecule has 2 nitrogen and oxygen atoms in total. The first-order valence-corrected chi connectivity index (χ1v) is 12.9. The normalized spacial score (nSPS) is 12.2. The van der Waals surface area contributed by atoms with E-state index in [0.717, 1.165) is 12.8 Å². The molecular weight excluding hydrogens is 344 g/mol. The molecule has 0 fully saturated rings. The summed E-state index contributed by atoms with van der Waals surface area (Å²) in [4.78, 5) is 11.5. The van der Waals surface area contributed by atoms with Crippen molar-refractivity contribution in [1.29, 1.82) is 0 Å². The second-order valence-electron chi connectivity index (χ2n) is 8.84. The number of esters is 1. The first kappa shape index (κ1) is 27.5. The monoisotopic (exact) mass is 396 g/mol. The highest BCUT2D eigenvalue weighted by atomic mass is 16.5. The molecule has 0 aliphatic heterocycles. The second-order valence-corrected chi connectivity index (χ2v) is 8.84. The van der Waals surface area contributed by atoms with E-state index in [9.17, 15) is 4.79 Å². The first-order chi connectivity index (χ1) is 13.7. The van der Waals surface area contributed by atoms with Gasteiger partial charge in [-0.1, -0.05) is 136 Å². The summed E-state index contributed by atoms with van der Waals surface area (Å²) < 4.78 is 5.29. The summed E-state index contributed by atoms with van der Waals surface area (Å²) in [5, 5.41) is 0. The van der Waals surface area contributed by atoms with Gasteiger partial charge in [-0.05, 0) is 12.8 Å². The summed E-state index contributed by atoms with van der Waals surface area (Å²) in [6.45, 7) is 6.88. The number of carbonyl (C=O) groups excluding carboxylic acids is 1. The van der Waals surface area contributed by atoms with E-state index in [1.54, 1.807) is 0 Å². The standard InChI is InChI=1S/C26H52O2/c1-4-6-7-8-9-10-11-12-13-14-15-16-17-18-19-20-21-22-23-24-28-26(27)25(3)5-2/h25H,4-24H2,1-3H3. The minimum atomic E-state index is -0.0232. The van der Waals surface area contributed by atoms with Gasteiger partial charge in [-0.15, -0.1) is 0 Å². The summed E-state index contributed by atoms with van der Waals surface area (Å²) in [5.74, 6) is 0.0326. The Labute approximate surface area is 177 Å². The number of rotatable bonds is 22. The highest BCUT2D eigenvalue weighted by Crippen LogP contribution is 2.14. The minimum absolute atomic E-state index is 0.0232. The van der Waals surface area contributed by atoms with Gasteiger partial charge in [-0.2, -0.15) is 0 Å². The van der Waals surface area contributed by atoms with Crippen LogP contribution in [-0.4, -0.2) is 12.6 Å². The summed E-state index contributed by atoms with van der Waals surface area (Å²) in [6, 6.07) is 0. The minimum Gasteiger partial charge on any atom is -0.465 e. The van der Waals surface area contributed by atoms with Gasteiger partial charge in [-0.3, -0.25) is 4.79 Å². The maximum absolute atomic E-state index is 11.5. The molecule has 0 spiro atoms. The smallest absolute Gasteiger partial charge is 0.308 e. The average Bonchev–Trinajstić information content (AvgIpc) is 2.71. The van der Waals surface area contributed by atoms with Crippen molar-refractivity contribution in [2.24, 2.45) is 5.92 Å². The molecule has 0 amide bonds. The molecule has 0 radical (unpaired) electrons. The van der Waals surface area contributed by atoms with E-state index in [2.05, 4.69) is 6.92 Å². The lowest BCUT2D eigenvalue weighted by molar-refractivity contribution is -0.148. The van der Waals surface area contributed by atoms with Gasteiger partial charge in [0, 0.05) is 0 Å².